The standard InChI is InChI=1S/C12H11NO2S2/c14-7-6-13-11(15)10(17-12(13)16)8-9-4-2-1-3-5-9/h1-5,8,14H,6-7H2. The van der Waals surface area contributed by atoms with Gasteiger partial charge in [0, 0.05) is 0 Å². The van der Waals surface area contributed by atoms with Gasteiger partial charge in [0.05, 0.1) is 18.1 Å². The molecule has 1 amide bonds. The van der Waals surface area contributed by atoms with E-state index in [1.807, 2.05) is 36.4 Å². The molecule has 3 nitrogen and oxygen atoms in total. The predicted molar refractivity (Wildman–Crippen MR) is 73.4 cm³/mol. The normalized spacial score (nSPS) is 18.2. The van der Waals surface area contributed by atoms with Gasteiger partial charge in [-0.05, 0) is 11.6 Å². The third kappa shape index (κ3) is 2.74. The number of carbonyl (C=O) groups excluding carboxylic acids is 1. The zero-order chi connectivity index (χ0) is 12.3. The number of hydrogen-bond donors (Lipinski definition) is 1. The zero-order valence-electron chi connectivity index (χ0n) is 9.00. The Bertz CT molecular complexity index is 471. The highest BCUT2D eigenvalue weighted by Crippen LogP contribution is 2.32. The Morgan fingerprint density at radius 1 is 1.35 bits per heavy atom. The van der Waals surface area contributed by atoms with Crippen LogP contribution in [0.15, 0.2) is 35.2 Å². The molecule has 0 aromatic heterocycles. The van der Waals surface area contributed by atoms with Gasteiger partial charge in [-0.15, -0.1) is 0 Å². The topological polar surface area (TPSA) is 40.5 Å². The highest BCUT2D eigenvalue weighted by Gasteiger charge is 2.31. The van der Waals surface area contributed by atoms with Gasteiger partial charge < -0.3 is 5.11 Å². The van der Waals surface area contributed by atoms with Crippen molar-refractivity contribution in [2.45, 2.75) is 0 Å². The molecular formula is C12H11NO2S2. The van der Waals surface area contributed by atoms with Crippen LogP contribution < -0.4 is 0 Å². The largest absolute Gasteiger partial charge is 0.395 e. The lowest BCUT2D eigenvalue weighted by Crippen LogP contribution is -2.30. The number of amides is 1. The van der Waals surface area contributed by atoms with Crippen LogP contribution in [0.25, 0.3) is 6.08 Å². The number of carbonyl (C=O) groups is 1. The fourth-order valence-electron chi connectivity index (χ4n) is 1.49. The number of thioether (sulfide) groups is 1. The smallest absolute Gasteiger partial charge is 0.266 e. The van der Waals surface area contributed by atoms with E-state index in [2.05, 4.69) is 0 Å². The molecule has 1 saturated heterocycles. The Hall–Kier alpha value is -1.17. The van der Waals surface area contributed by atoms with Crippen LogP contribution in [-0.4, -0.2) is 33.4 Å². The Balaban J connectivity index is 2.22. The molecule has 0 aliphatic carbocycles. The van der Waals surface area contributed by atoms with Crippen LogP contribution in [0.1, 0.15) is 5.56 Å². The minimum Gasteiger partial charge on any atom is -0.395 e. The first-order valence-corrected chi connectivity index (χ1v) is 6.36. The second-order valence-corrected chi connectivity index (χ2v) is 5.14. The van der Waals surface area contributed by atoms with Gasteiger partial charge in [0.1, 0.15) is 4.32 Å². The lowest BCUT2D eigenvalue weighted by molar-refractivity contribution is -0.122. The molecule has 5 heteroatoms. The summed E-state index contributed by atoms with van der Waals surface area (Å²) in [4.78, 5) is 14.0. The van der Waals surface area contributed by atoms with E-state index in [1.54, 1.807) is 0 Å². The first-order chi connectivity index (χ1) is 8.22. The summed E-state index contributed by atoms with van der Waals surface area (Å²) < 4.78 is 0.506. The van der Waals surface area contributed by atoms with Crippen molar-refractivity contribution in [3.8, 4) is 0 Å². The number of thiocarbonyl (C=S) groups is 1. The minimum atomic E-state index is -0.127. The molecule has 1 aliphatic rings. The summed E-state index contributed by atoms with van der Waals surface area (Å²) in [6.07, 6.45) is 1.82. The molecule has 17 heavy (non-hydrogen) atoms. The molecule has 1 heterocycles. The summed E-state index contributed by atoms with van der Waals surface area (Å²) in [6.45, 7) is 0.182. The van der Waals surface area contributed by atoms with E-state index in [4.69, 9.17) is 17.3 Å². The lowest BCUT2D eigenvalue weighted by Gasteiger charge is -2.11. The summed E-state index contributed by atoms with van der Waals surface area (Å²) in [5, 5.41) is 8.86. The maximum absolute atomic E-state index is 11.9. The van der Waals surface area contributed by atoms with Crippen molar-refractivity contribution in [3.05, 3.63) is 40.8 Å². The van der Waals surface area contributed by atoms with Gasteiger partial charge in [-0.3, -0.25) is 9.69 Å². The Morgan fingerprint density at radius 2 is 2.06 bits per heavy atom. The number of hydrogen-bond acceptors (Lipinski definition) is 4. The molecular weight excluding hydrogens is 254 g/mol. The van der Waals surface area contributed by atoms with E-state index in [1.165, 1.54) is 16.7 Å². The molecule has 0 radical (unpaired) electrons. The molecule has 0 spiro atoms. The van der Waals surface area contributed by atoms with Crippen molar-refractivity contribution < 1.29 is 9.90 Å². The van der Waals surface area contributed by atoms with Gasteiger partial charge in [-0.1, -0.05) is 54.3 Å². The third-order valence-corrected chi connectivity index (χ3v) is 3.67. The Labute approximate surface area is 109 Å². The first-order valence-electron chi connectivity index (χ1n) is 5.13. The van der Waals surface area contributed by atoms with Crippen molar-refractivity contribution in [1.82, 2.24) is 4.90 Å². The maximum Gasteiger partial charge on any atom is 0.266 e. The van der Waals surface area contributed by atoms with Gasteiger partial charge in [0.2, 0.25) is 0 Å². The van der Waals surface area contributed by atoms with Crippen LogP contribution in [0.5, 0.6) is 0 Å². The van der Waals surface area contributed by atoms with Gasteiger partial charge in [0.25, 0.3) is 5.91 Å². The quantitative estimate of drug-likeness (QED) is 0.669. The first kappa shape index (κ1) is 12.3. The molecule has 0 bridgehead atoms. The summed E-state index contributed by atoms with van der Waals surface area (Å²) in [7, 11) is 0. The number of rotatable bonds is 3. The number of aliphatic hydroxyl groups excluding tert-OH is 1. The van der Waals surface area contributed by atoms with Crippen LogP contribution in [-0.2, 0) is 4.79 Å². The van der Waals surface area contributed by atoms with Gasteiger partial charge in [-0.2, -0.15) is 0 Å². The molecule has 0 atom stereocenters. The van der Waals surface area contributed by atoms with E-state index >= 15 is 0 Å². The zero-order valence-corrected chi connectivity index (χ0v) is 10.6. The van der Waals surface area contributed by atoms with Crippen LogP contribution in [0.4, 0.5) is 0 Å². The molecule has 1 aromatic rings. The molecule has 88 valence electrons. The SMILES string of the molecule is O=C1C(=Cc2ccccc2)SC(=S)N1CCO. The Kier molecular flexibility index (Phi) is 3.93. The summed E-state index contributed by atoms with van der Waals surface area (Å²) in [5.74, 6) is -0.127. The number of β-amino-alcohol motifs (C(OH)–C–C–N with tert-alkyl or cyclic N) is 1. The van der Waals surface area contributed by atoms with Crippen molar-refractivity contribution in [1.29, 1.82) is 0 Å². The van der Waals surface area contributed by atoms with Gasteiger partial charge in [-0.25, -0.2) is 0 Å². The average Bonchev–Trinajstić information content (AvgIpc) is 2.59. The van der Waals surface area contributed by atoms with Gasteiger partial charge >= 0.3 is 0 Å². The van der Waals surface area contributed by atoms with E-state index in [0.717, 1.165) is 5.56 Å². The summed E-state index contributed by atoms with van der Waals surface area (Å²) >= 11 is 6.37. The van der Waals surface area contributed by atoms with Crippen molar-refractivity contribution >= 4 is 40.3 Å². The monoisotopic (exact) mass is 265 g/mol. The van der Waals surface area contributed by atoms with E-state index in [-0.39, 0.29) is 19.1 Å². The summed E-state index contributed by atoms with van der Waals surface area (Å²) in [5.41, 5.74) is 0.969. The number of nitrogens with zero attached hydrogens (tertiary/aromatic N) is 1. The number of benzene rings is 1. The highest BCUT2D eigenvalue weighted by molar-refractivity contribution is 8.26. The van der Waals surface area contributed by atoms with Crippen LogP contribution >= 0.6 is 24.0 Å². The molecule has 0 saturated carbocycles. The lowest BCUT2D eigenvalue weighted by atomic mass is 10.2. The van der Waals surface area contributed by atoms with E-state index in [9.17, 15) is 4.79 Å². The second-order valence-electron chi connectivity index (χ2n) is 3.47. The highest BCUT2D eigenvalue weighted by atomic mass is 32.2. The minimum absolute atomic E-state index is 0.0783. The molecule has 1 aliphatic heterocycles. The third-order valence-electron chi connectivity index (χ3n) is 2.29. The predicted octanol–water partition coefficient (Wildman–Crippen LogP) is 1.88. The van der Waals surface area contributed by atoms with Crippen LogP contribution in [0.2, 0.25) is 0 Å². The molecule has 1 N–H and O–H groups in total. The number of aliphatic hydroxyl groups is 1. The average molecular weight is 265 g/mol. The van der Waals surface area contributed by atoms with Gasteiger partial charge in [0.15, 0.2) is 0 Å². The fraction of sp³-hybridized carbons (Fsp3) is 0.167. The van der Waals surface area contributed by atoms with Crippen molar-refractivity contribution in [2.24, 2.45) is 0 Å². The fourth-order valence-corrected chi connectivity index (χ4v) is 2.80. The molecule has 0 unspecified atom stereocenters. The molecule has 1 aromatic carbocycles. The van der Waals surface area contributed by atoms with E-state index < -0.39 is 0 Å². The van der Waals surface area contributed by atoms with E-state index in [0.29, 0.717) is 9.23 Å². The van der Waals surface area contributed by atoms with Crippen molar-refractivity contribution in [3.63, 3.8) is 0 Å². The van der Waals surface area contributed by atoms with Crippen molar-refractivity contribution in [2.75, 3.05) is 13.2 Å². The Morgan fingerprint density at radius 3 is 2.71 bits per heavy atom. The van der Waals surface area contributed by atoms with Crippen LogP contribution in [0.3, 0.4) is 0 Å². The molecule has 2 rings (SSSR count). The maximum atomic E-state index is 11.9. The second kappa shape index (κ2) is 5.44. The molecule has 1 fully saturated rings. The van der Waals surface area contributed by atoms with Crippen LogP contribution in [0, 0.1) is 0 Å². The summed E-state index contributed by atoms with van der Waals surface area (Å²) in [6, 6.07) is 9.62.